The molecule has 2 aliphatic rings. The number of halogens is 3. The Hall–Kier alpha value is -2.56. The lowest BCUT2D eigenvalue weighted by Crippen LogP contribution is -2.49. The van der Waals surface area contributed by atoms with E-state index in [0.29, 0.717) is 6.42 Å². The van der Waals surface area contributed by atoms with Gasteiger partial charge in [0.2, 0.25) is 5.91 Å². The van der Waals surface area contributed by atoms with Crippen LogP contribution < -0.4 is 15.8 Å². The number of hydrogen-bond acceptors (Lipinski definition) is 6. The average molecular weight is 611 g/mol. The molecule has 1 amide bonds. The molecule has 2 atom stereocenters. The van der Waals surface area contributed by atoms with Gasteiger partial charge in [-0.05, 0) is 66.8 Å². The van der Waals surface area contributed by atoms with E-state index in [1.807, 2.05) is 20.8 Å². The molecule has 3 rings (SSSR count). The maximum atomic E-state index is 13.3. The van der Waals surface area contributed by atoms with Crippen LogP contribution in [0, 0.1) is 17.8 Å². The second kappa shape index (κ2) is 17.1. The molecule has 0 aromatic heterocycles. The van der Waals surface area contributed by atoms with E-state index < -0.39 is 17.8 Å². The highest BCUT2D eigenvalue weighted by molar-refractivity contribution is 5.81. The van der Waals surface area contributed by atoms with Crippen molar-refractivity contribution in [1.29, 1.82) is 0 Å². The first kappa shape index (κ1) is 36.6. The quantitative estimate of drug-likeness (QED) is 0.263. The minimum Gasteiger partial charge on any atom is -0.491 e. The smallest absolute Gasteiger partial charge is 0.420 e. The summed E-state index contributed by atoms with van der Waals surface area (Å²) in [5.74, 6) is 0.0212. The molecule has 43 heavy (non-hydrogen) atoms. The van der Waals surface area contributed by atoms with Crippen LogP contribution in [0.3, 0.4) is 0 Å². The number of amides is 1. The number of rotatable bonds is 11. The predicted octanol–water partition coefficient (Wildman–Crippen LogP) is 6.10. The Labute approximate surface area is 256 Å². The molecule has 1 aliphatic carbocycles. The number of carbonyl (C=O) groups excluding carboxylic acids is 1. The summed E-state index contributed by atoms with van der Waals surface area (Å²) < 4.78 is 45.5. The minimum atomic E-state index is -4.53. The first-order chi connectivity index (χ1) is 20.3. The van der Waals surface area contributed by atoms with Gasteiger partial charge in [-0.15, -0.1) is 0 Å². The summed E-state index contributed by atoms with van der Waals surface area (Å²) in [6, 6.07) is 3.67. The molecule has 0 radical (unpaired) electrons. The van der Waals surface area contributed by atoms with Gasteiger partial charge in [-0.3, -0.25) is 9.69 Å². The topological polar surface area (TPSA) is 91.1 Å². The zero-order valence-electron chi connectivity index (χ0n) is 27.1. The molecule has 1 aromatic carbocycles. The number of anilines is 1. The molecule has 7 nitrogen and oxygen atoms in total. The number of nitrogen functional groups attached to an aromatic ring is 1. The molecular weight excluding hydrogens is 557 g/mol. The highest BCUT2D eigenvalue weighted by Crippen LogP contribution is 2.39. The number of nitrogens with zero attached hydrogens (tertiary/aromatic N) is 2. The Balaban J connectivity index is 0.00000316. The Morgan fingerprint density at radius 2 is 1.70 bits per heavy atom. The molecule has 244 valence electrons. The lowest BCUT2D eigenvalue weighted by molar-refractivity contribution is -0.139. The van der Waals surface area contributed by atoms with Gasteiger partial charge in [0.05, 0.1) is 30.5 Å². The molecule has 1 aromatic rings. The number of ether oxygens (including phenoxy) is 1. The fourth-order valence-corrected chi connectivity index (χ4v) is 5.53. The van der Waals surface area contributed by atoms with Crippen LogP contribution in [0.5, 0.6) is 5.75 Å². The summed E-state index contributed by atoms with van der Waals surface area (Å²) in [6.45, 7) is 18.6. The third kappa shape index (κ3) is 10.8. The van der Waals surface area contributed by atoms with Crippen molar-refractivity contribution in [3.05, 3.63) is 46.7 Å². The number of aliphatic hydroxyl groups excluding tert-OH is 1. The maximum absolute atomic E-state index is 13.3. The number of para-hydroxylation sites is 1. The molecule has 10 heteroatoms. The van der Waals surface area contributed by atoms with Crippen LogP contribution in [0.15, 0.2) is 41.1 Å². The zero-order valence-corrected chi connectivity index (χ0v) is 27.1. The standard InChI is InChI=1S/C31H47F3N4O3.C2H6/c1-20(2)23-8-6-11-26(39)28(21(3)4)29(23)36-27(40)18-38-16-14-37(15-17-38)13-12-22(5)19-41-30-24(31(32,33)34)9-7-10-25(30)35;1-2/h7-10,20-22,26,39H,6,11-19,35H2,1-5H3,(H,36,40);1-2H3. The van der Waals surface area contributed by atoms with Crippen LogP contribution in [0.1, 0.15) is 73.3 Å². The number of nitrogens with one attached hydrogen (secondary N) is 1. The van der Waals surface area contributed by atoms with E-state index in [1.54, 1.807) is 0 Å². The van der Waals surface area contributed by atoms with Gasteiger partial charge >= 0.3 is 6.18 Å². The van der Waals surface area contributed by atoms with Crippen molar-refractivity contribution >= 4 is 11.6 Å². The highest BCUT2D eigenvalue weighted by atomic mass is 19.4. The molecule has 2 unspecified atom stereocenters. The zero-order chi connectivity index (χ0) is 32.3. The summed E-state index contributed by atoms with van der Waals surface area (Å²) >= 11 is 0. The summed E-state index contributed by atoms with van der Waals surface area (Å²) in [5, 5.41) is 13.9. The Morgan fingerprint density at radius 3 is 2.28 bits per heavy atom. The third-order valence-electron chi connectivity index (χ3n) is 7.88. The Bertz CT molecular complexity index is 1090. The summed E-state index contributed by atoms with van der Waals surface area (Å²) in [6.07, 6.45) is -0.730. The van der Waals surface area contributed by atoms with Gasteiger partial charge in [0.25, 0.3) is 0 Å². The molecule has 1 heterocycles. The van der Waals surface area contributed by atoms with E-state index >= 15 is 0 Å². The maximum Gasteiger partial charge on any atom is 0.420 e. The van der Waals surface area contributed by atoms with Gasteiger partial charge in [0.1, 0.15) is 0 Å². The third-order valence-corrected chi connectivity index (χ3v) is 7.88. The molecule has 1 fully saturated rings. The molecular formula is C33H53F3N4O3. The number of piperazine rings is 1. The molecule has 0 saturated carbocycles. The fraction of sp³-hybridized carbons (Fsp3) is 0.667. The number of hydrogen-bond donors (Lipinski definition) is 3. The van der Waals surface area contributed by atoms with Crippen molar-refractivity contribution in [2.45, 2.75) is 80.0 Å². The van der Waals surface area contributed by atoms with Crippen molar-refractivity contribution in [2.24, 2.45) is 17.8 Å². The normalized spacial score (nSPS) is 19.5. The predicted molar refractivity (Wildman–Crippen MR) is 168 cm³/mol. The van der Waals surface area contributed by atoms with Crippen LogP contribution in [0.25, 0.3) is 0 Å². The van der Waals surface area contributed by atoms with Crippen molar-refractivity contribution < 1.29 is 27.8 Å². The van der Waals surface area contributed by atoms with Gasteiger partial charge in [0, 0.05) is 31.9 Å². The molecule has 1 saturated heterocycles. The largest absolute Gasteiger partial charge is 0.491 e. The van der Waals surface area contributed by atoms with Gasteiger partial charge in [0.15, 0.2) is 5.75 Å². The van der Waals surface area contributed by atoms with E-state index in [0.717, 1.165) is 68.5 Å². The summed E-state index contributed by atoms with van der Waals surface area (Å²) in [5.41, 5.74) is 7.68. The molecule has 0 spiro atoms. The van der Waals surface area contributed by atoms with Gasteiger partial charge in [-0.2, -0.15) is 13.2 Å². The number of nitrogens with two attached hydrogens (primary N) is 1. The van der Waals surface area contributed by atoms with E-state index in [2.05, 4.69) is 48.9 Å². The number of allylic oxidation sites excluding steroid dienone is 2. The lowest BCUT2D eigenvalue weighted by Gasteiger charge is -2.35. The average Bonchev–Trinajstić information content (AvgIpc) is 3.10. The number of aliphatic hydroxyl groups is 1. The van der Waals surface area contributed by atoms with Crippen molar-refractivity contribution in [3.63, 3.8) is 0 Å². The van der Waals surface area contributed by atoms with E-state index in [9.17, 15) is 23.1 Å². The number of benzene rings is 1. The fourth-order valence-electron chi connectivity index (χ4n) is 5.53. The lowest BCUT2D eigenvalue weighted by atomic mass is 9.90. The summed E-state index contributed by atoms with van der Waals surface area (Å²) in [4.78, 5) is 17.6. The van der Waals surface area contributed by atoms with Crippen LogP contribution >= 0.6 is 0 Å². The van der Waals surface area contributed by atoms with Crippen molar-refractivity contribution in [3.8, 4) is 5.75 Å². The van der Waals surface area contributed by atoms with Crippen molar-refractivity contribution in [2.75, 3.05) is 51.6 Å². The molecule has 0 bridgehead atoms. The monoisotopic (exact) mass is 610 g/mol. The Morgan fingerprint density at radius 1 is 1.07 bits per heavy atom. The number of alkyl halides is 3. The van der Waals surface area contributed by atoms with Crippen LogP contribution in [0.2, 0.25) is 0 Å². The van der Waals surface area contributed by atoms with Gasteiger partial charge in [-0.25, -0.2) is 0 Å². The molecule has 1 aliphatic heterocycles. The van der Waals surface area contributed by atoms with Gasteiger partial charge in [-0.1, -0.05) is 60.6 Å². The number of carbonyl (C=O) groups is 1. The highest BCUT2D eigenvalue weighted by Gasteiger charge is 2.35. The van der Waals surface area contributed by atoms with Crippen LogP contribution in [-0.2, 0) is 11.0 Å². The van der Waals surface area contributed by atoms with E-state index in [-0.39, 0.29) is 48.2 Å². The van der Waals surface area contributed by atoms with Crippen LogP contribution in [-0.4, -0.2) is 72.8 Å². The Kier molecular flexibility index (Phi) is 14.5. The van der Waals surface area contributed by atoms with E-state index in [4.69, 9.17) is 10.5 Å². The van der Waals surface area contributed by atoms with Gasteiger partial charge < -0.3 is 25.8 Å². The SMILES string of the molecule is CC.CC(CCN1CCN(CC(=O)NC2=C(C(C)C)C(O)CCC=C2C(C)C)CC1)COc1c(N)cccc1C(F)(F)F. The second-order valence-electron chi connectivity index (χ2n) is 12.0. The van der Waals surface area contributed by atoms with Crippen LogP contribution in [0.4, 0.5) is 18.9 Å². The minimum absolute atomic E-state index is 0.0180. The molecule has 4 N–H and O–H groups in total. The first-order valence-electron chi connectivity index (χ1n) is 15.7. The first-order valence-corrected chi connectivity index (χ1v) is 15.7. The second-order valence-corrected chi connectivity index (χ2v) is 12.0. The summed E-state index contributed by atoms with van der Waals surface area (Å²) in [7, 11) is 0. The van der Waals surface area contributed by atoms with E-state index in [1.165, 1.54) is 12.1 Å². The van der Waals surface area contributed by atoms with Crippen molar-refractivity contribution in [1.82, 2.24) is 15.1 Å².